The van der Waals surface area contributed by atoms with Crippen LogP contribution >= 0.6 is 0 Å². The predicted octanol–water partition coefficient (Wildman–Crippen LogP) is 4.32. The summed E-state index contributed by atoms with van der Waals surface area (Å²) in [5.74, 6) is 0. The van der Waals surface area contributed by atoms with Crippen LogP contribution in [0.3, 0.4) is 0 Å². The molecular formula is C12H28OSi. The molecule has 0 radical (unpaired) electrons. The molecule has 0 unspecified atom stereocenters. The smallest absolute Gasteiger partial charge is 0.194 e. The van der Waals surface area contributed by atoms with Crippen LogP contribution in [-0.2, 0) is 0 Å². The van der Waals surface area contributed by atoms with E-state index in [-0.39, 0.29) is 5.04 Å². The van der Waals surface area contributed by atoms with Crippen LogP contribution in [0.5, 0.6) is 0 Å². The molecule has 0 spiro atoms. The Morgan fingerprint density at radius 2 is 1.36 bits per heavy atom. The Labute approximate surface area is 91.1 Å². The lowest BCUT2D eigenvalue weighted by Gasteiger charge is -2.40. The van der Waals surface area contributed by atoms with Crippen molar-refractivity contribution in [2.24, 2.45) is 0 Å². The Balaban J connectivity index is 4.59. The second-order valence-electron chi connectivity index (χ2n) is 5.17. The van der Waals surface area contributed by atoms with Crippen LogP contribution in [0.15, 0.2) is 0 Å². The highest BCUT2D eigenvalue weighted by Crippen LogP contribution is 2.45. The second kappa shape index (κ2) is 5.91. The zero-order valence-electron chi connectivity index (χ0n) is 10.7. The maximum absolute atomic E-state index is 10.8. The monoisotopic (exact) mass is 216 g/mol. The largest absolute Gasteiger partial charge is 0.431 e. The minimum absolute atomic E-state index is 0.202. The molecule has 0 fully saturated rings. The van der Waals surface area contributed by atoms with E-state index in [4.69, 9.17) is 0 Å². The van der Waals surface area contributed by atoms with Crippen molar-refractivity contribution in [3.63, 3.8) is 0 Å². The van der Waals surface area contributed by atoms with E-state index in [1.807, 2.05) is 0 Å². The van der Waals surface area contributed by atoms with Gasteiger partial charge >= 0.3 is 0 Å². The molecule has 0 aliphatic rings. The van der Waals surface area contributed by atoms with Crippen LogP contribution in [0, 0.1) is 0 Å². The maximum Gasteiger partial charge on any atom is 0.194 e. The molecule has 0 aliphatic carbocycles. The Morgan fingerprint density at radius 3 is 1.64 bits per heavy atom. The van der Waals surface area contributed by atoms with Crippen LogP contribution in [0.25, 0.3) is 0 Å². The van der Waals surface area contributed by atoms with Gasteiger partial charge in [-0.2, -0.15) is 0 Å². The van der Waals surface area contributed by atoms with E-state index in [0.717, 1.165) is 24.9 Å². The van der Waals surface area contributed by atoms with Crippen molar-refractivity contribution in [3.8, 4) is 0 Å². The van der Waals surface area contributed by atoms with Crippen molar-refractivity contribution in [2.45, 2.75) is 77.4 Å². The molecule has 0 aromatic heterocycles. The van der Waals surface area contributed by atoms with Gasteiger partial charge in [0.05, 0.1) is 0 Å². The summed E-state index contributed by atoms with van der Waals surface area (Å²) in [4.78, 5) is 10.8. The molecule has 0 amide bonds. The number of hydrogen-bond donors (Lipinski definition) is 1. The molecule has 0 heterocycles. The summed E-state index contributed by atoms with van der Waals surface area (Å²) in [7, 11) is -2.00. The maximum atomic E-state index is 10.8. The minimum Gasteiger partial charge on any atom is -0.431 e. The van der Waals surface area contributed by atoms with Crippen LogP contribution in [0.1, 0.15) is 60.3 Å². The molecule has 2 heteroatoms. The van der Waals surface area contributed by atoms with E-state index in [1.165, 1.54) is 12.8 Å². The highest BCUT2D eigenvalue weighted by molar-refractivity contribution is 6.75. The Morgan fingerprint density at radius 1 is 0.929 bits per heavy atom. The van der Waals surface area contributed by atoms with Gasteiger partial charge in [-0.15, -0.1) is 0 Å². The third-order valence-electron chi connectivity index (χ3n) is 3.46. The lowest BCUT2D eigenvalue weighted by Crippen LogP contribution is -2.45. The van der Waals surface area contributed by atoms with Crippen molar-refractivity contribution in [1.82, 2.24) is 0 Å². The Kier molecular flexibility index (Phi) is 5.99. The summed E-state index contributed by atoms with van der Waals surface area (Å²) >= 11 is 0. The summed E-state index contributed by atoms with van der Waals surface area (Å²) < 4.78 is 0. The van der Waals surface area contributed by atoms with Crippen molar-refractivity contribution in [1.29, 1.82) is 0 Å². The van der Waals surface area contributed by atoms with Gasteiger partial charge in [0.15, 0.2) is 8.32 Å². The lowest BCUT2D eigenvalue weighted by atomic mass is 10.1. The van der Waals surface area contributed by atoms with E-state index in [2.05, 4.69) is 34.6 Å². The van der Waals surface area contributed by atoms with E-state index >= 15 is 0 Å². The fraction of sp³-hybridized carbons (Fsp3) is 1.00. The fourth-order valence-corrected chi connectivity index (χ4v) is 6.46. The molecule has 0 saturated heterocycles. The third-order valence-corrected chi connectivity index (χ3v) is 8.89. The quantitative estimate of drug-likeness (QED) is 0.628. The molecule has 0 saturated carbocycles. The summed E-state index contributed by atoms with van der Waals surface area (Å²) in [6.45, 7) is 11.1. The highest BCUT2D eigenvalue weighted by atomic mass is 28.4. The first kappa shape index (κ1) is 14.2. The first-order chi connectivity index (χ1) is 6.43. The molecule has 0 aliphatic heterocycles. The second-order valence-corrected chi connectivity index (χ2v) is 9.58. The SMILES string of the molecule is CCCC(C)(C)[Si](O)(CCC)CCC. The average molecular weight is 216 g/mol. The van der Waals surface area contributed by atoms with E-state index in [0.29, 0.717) is 0 Å². The van der Waals surface area contributed by atoms with Gasteiger partial charge in [-0.3, -0.25) is 0 Å². The topological polar surface area (TPSA) is 20.2 Å². The van der Waals surface area contributed by atoms with Crippen LogP contribution in [0.2, 0.25) is 17.1 Å². The standard InChI is InChI=1S/C12H28OSi/c1-6-9-12(4,5)14(13,10-7-2)11-8-3/h13H,6-11H2,1-5H3. The van der Waals surface area contributed by atoms with Gasteiger partial charge in [0, 0.05) is 0 Å². The molecule has 14 heavy (non-hydrogen) atoms. The van der Waals surface area contributed by atoms with Crippen molar-refractivity contribution < 1.29 is 4.80 Å². The van der Waals surface area contributed by atoms with Crippen molar-refractivity contribution in [3.05, 3.63) is 0 Å². The highest BCUT2D eigenvalue weighted by Gasteiger charge is 2.43. The lowest BCUT2D eigenvalue weighted by molar-refractivity contribution is 0.424. The van der Waals surface area contributed by atoms with Crippen LogP contribution in [0.4, 0.5) is 0 Å². The Bertz CT molecular complexity index is 148. The van der Waals surface area contributed by atoms with Gasteiger partial charge < -0.3 is 4.80 Å². The first-order valence-corrected chi connectivity index (χ1v) is 8.52. The first-order valence-electron chi connectivity index (χ1n) is 6.16. The summed E-state index contributed by atoms with van der Waals surface area (Å²) in [6.07, 6.45) is 4.64. The molecular weight excluding hydrogens is 188 g/mol. The number of rotatable bonds is 7. The van der Waals surface area contributed by atoms with Crippen molar-refractivity contribution >= 4 is 8.32 Å². The van der Waals surface area contributed by atoms with E-state index in [1.54, 1.807) is 0 Å². The summed E-state index contributed by atoms with van der Waals surface area (Å²) in [5, 5.41) is 0.202. The molecule has 0 rings (SSSR count). The zero-order chi connectivity index (χ0) is 11.2. The van der Waals surface area contributed by atoms with Crippen LogP contribution in [-0.4, -0.2) is 13.1 Å². The summed E-state index contributed by atoms with van der Waals surface area (Å²) in [5.41, 5.74) is 0. The fourth-order valence-electron chi connectivity index (χ4n) is 2.49. The van der Waals surface area contributed by atoms with Crippen LogP contribution < -0.4 is 0 Å². The molecule has 0 atom stereocenters. The van der Waals surface area contributed by atoms with Gasteiger partial charge in [0.1, 0.15) is 0 Å². The van der Waals surface area contributed by atoms with Gasteiger partial charge in [0.25, 0.3) is 0 Å². The summed E-state index contributed by atoms with van der Waals surface area (Å²) in [6, 6.07) is 2.15. The zero-order valence-corrected chi connectivity index (χ0v) is 11.7. The molecule has 0 aromatic carbocycles. The normalized spacial score (nSPS) is 13.3. The third kappa shape index (κ3) is 3.39. The van der Waals surface area contributed by atoms with Crippen molar-refractivity contribution in [2.75, 3.05) is 0 Å². The molecule has 1 N–H and O–H groups in total. The van der Waals surface area contributed by atoms with Gasteiger partial charge in [0.2, 0.25) is 0 Å². The van der Waals surface area contributed by atoms with Gasteiger partial charge in [-0.05, 0) is 23.5 Å². The van der Waals surface area contributed by atoms with E-state index in [9.17, 15) is 4.80 Å². The molecule has 1 nitrogen and oxygen atoms in total. The minimum atomic E-state index is -2.00. The Hall–Kier alpha value is 0.177. The van der Waals surface area contributed by atoms with Gasteiger partial charge in [-0.25, -0.2) is 0 Å². The average Bonchev–Trinajstić information content (AvgIpc) is 2.04. The molecule has 0 bridgehead atoms. The van der Waals surface area contributed by atoms with E-state index < -0.39 is 8.32 Å². The number of hydrogen-bond acceptors (Lipinski definition) is 1. The van der Waals surface area contributed by atoms with Gasteiger partial charge in [-0.1, -0.05) is 53.9 Å². The molecule has 86 valence electrons. The predicted molar refractivity (Wildman–Crippen MR) is 67.1 cm³/mol. The molecule has 0 aromatic rings.